The molecule has 0 aliphatic rings. The predicted molar refractivity (Wildman–Crippen MR) is 195 cm³/mol. The average molecular weight is 798 g/mol. The Morgan fingerprint density at radius 1 is 0.491 bits per heavy atom. The number of hydrogen-bond acceptors (Lipinski definition) is 19. The normalized spacial score (nSPS) is 11.2. The van der Waals surface area contributed by atoms with Crippen LogP contribution in [0.25, 0.3) is 0 Å². The monoisotopic (exact) mass is 797 g/mol. The predicted octanol–water partition coefficient (Wildman–Crippen LogP) is 1.68. The number of nitrogens with zero attached hydrogens (tertiary/aromatic N) is 2. The summed E-state index contributed by atoms with van der Waals surface area (Å²) in [6, 6.07) is 3.42. The molecule has 0 fully saturated rings. The molecule has 0 aliphatic carbocycles. The van der Waals surface area contributed by atoms with Crippen LogP contribution in [0.2, 0.25) is 0 Å². The van der Waals surface area contributed by atoms with Crippen molar-refractivity contribution in [3.63, 3.8) is 0 Å². The summed E-state index contributed by atoms with van der Waals surface area (Å²) in [4.78, 5) is 31.5. The molecule has 0 aliphatic heterocycles. The van der Waals surface area contributed by atoms with E-state index in [1.807, 2.05) is 0 Å². The second-order valence-electron chi connectivity index (χ2n) is 10.8. The SMILES string of the molecule is COC(=O)CCOCCOCCOCCOCCOCCOCCOCCOCCOCCOCCOCCOCCNc1ccc([N+](=O)[O-])cc1[N+](=O)[O-]. The van der Waals surface area contributed by atoms with Gasteiger partial charge in [-0.1, -0.05) is 0 Å². The van der Waals surface area contributed by atoms with E-state index in [1.165, 1.54) is 19.2 Å². The molecule has 0 saturated heterocycles. The van der Waals surface area contributed by atoms with E-state index in [1.54, 1.807) is 0 Å². The number of nitrogens with one attached hydrogen (secondary N) is 1. The van der Waals surface area contributed by atoms with Crippen molar-refractivity contribution < 1.29 is 76.2 Å². The number of methoxy groups -OCH3 is 1. The fraction of sp³-hybridized carbons (Fsp3) is 0.794. The van der Waals surface area contributed by atoms with E-state index in [4.69, 9.17) is 56.8 Å². The van der Waals surface area contributed by atoms with Crippen LogP contribution in [0.15, 0.2) is 18.2 Å². The van der Waals surface area contributed by atoms with Crippen LogP contribution in [-0.4, -0.2) is 188 Å². The van der Waals surface area contributed by atoms with Crippen LogP contribution in [0.5, 0.6) is 0 Å². The Hall–Kier alpha value is -3.19. The first-order chi connectivity index (χ1) is 27.0. The summed E-state index contributed by atoms with van der Waals surface area (Å²) >= 11 is 0. The summed E-state index contributed by atoms with van der Waals surface area (Å²) in [5.41, 5.74) is -0.539. The summed E-state index contributed by atoms with van der Waals surface area (Å²) < 4.78 is 69.6. The number of non-ortho nitro benzene ring substituents is 1. The largest absolute Gasteiger partial charge is 0.469 e. The first-order valence-electron chi connectivity index (χ1n) is 18.1. The lowest BCUT2D eigenvalue weighted by Crippen LogP contribution is -2.16. The number of carbonyl (C=O) groups is 1. The van der Waals surface area contributed by atoms with Gasteiger partial charge in [-0.3, -0.25) is 25.0 Å². The molecular weight excluding hydrogens is 738 g/mol. The van der Waals surface area contributed by atoms with Crippen molar-refractivity contribution >= 4 is 23.0 Å². The molecule has 21 nitrogen and oxygen atoms in total. The second kappa shape index (κ2) is 37.7. The molecule has 1 rings (SSSR count). The summed E-state index contributed by atoms with van der Waals surface area (Å²) in [6.07, 6.45) is 0.232. The number of nitro benzene ring substituents is 2. The molecule has 55 heavy (non-hydrogen) atoms. The van der Waals surface area contributed by atoms with Gasteiger partial charge in [0, 0.05) is 12.6 Å². The minimum absolute atomic E-state index is 0.181. The summed E-state index contributed by atoms with van der Waals surface area (Å²) in [7, 11) is 1.34. The van der Waals surface area contributed by atoms with Gasteiger partial charge in [0.05, 0.1) is 188 Å². The average Bonchev–Trinajstić information content (AvgIpc) is 3.18. The number of rotatable bonds is 42. The Bertz CT molecular complexity index is 1090. The summed E-state index contributed by atoms with van der Waals surface area (Å²) in [5, 5.41) is 24.8. The third-order valence-corrected chi connectivity index (χ3v) is 6.72. The lowest BCUT2D eigenvalue weighted by atomic mass is 10.2. The highest BCUT2D eigenvalue weighted by Gasteiger charge is 2.19. The van der Waals surface area contributed by atoms with Gasteiger partial charge in [0.2, 0.25) is 0 Å². The van der Waals surface area contributed by atoms with Gasteiger partial charge in [-0.05, 0) is 6.07 Å². The van der Waals surface area contributed by atoms with E-state index in [0.717, 1.165) is 6.07 Å². The standard InChI is InChI=1S/C34H59N3O18/c1-43-34(38)4-6-44-8-10-46-12-14-48-16-18-50-20-22-52-24-26-54-28-29-55-27-25-53-23-21-51-19-17-49-15-13-47-11-9-45-7-5-35-32-3-2-31(36(39)40)30-33(32)37(41)42/h2-3,30,35H,4-29H2,1H3. The van der Waals surface area contributed by atoms with E-state index in [-0.39, 0.29) is 42.6 Å². The Morgan fingerprint density at radius 2 is 0.800 bits per heavy atom. The first kappa shape index (κ1) is 49.8. The molecule has 1 aromatic rings. The molecule has 0 amide bonds. The van der Waals surface area contributed by atoms with Crippen LogP contribution in [-0.2, 0) is 66.4 Å². The molecule has 0 atom stereocenters. The van der Waals surface area contributed by atoms with Crippen molar-refractivity contribution in [3.05, 3.63) is 38.4 Å². The fourth-order valence-electron chi connectivity index (χ4n) is 3.97. The zero-order valence-electron chi connectivity index (χ0n) is 31.9. The highest BCUT2D eigenvalue weighted by atomic mass is 16.6. The van der Waals surface area contributed by atoms with Crippen LogP contribution < -0.4 is 5.32 Å². The lowest BCUT2D eigenvalue weighted by Gasteiger charge is -2.09. The fourth-order valence-corrected chi connectivity index (χ4v) is 3.97. The van der Waals surface area contributed by atoms with Crippen molar-refractivity contribution in [2.45, 2.75) is 6.42 Å². The zero-order valence-corrected chi connectivity index (χ0v) is 31.9. The second-order valence-corrected chi connectivity index (χ2v) is 10.8. The molecule has 21 heteroatoms. The molecular formula is C34H59N3O18. The maximum Gasteiger partial charge on any atom is 0.307 e. The topological polar surface area (TPSA) is 235 Å². The number of hydrogen-bond donors (Lipinski definition) is 1. The minimum atomic E-state index is -0.684. The van der Waals surface area contributed by atoms with Crippen LogP contribution in [0.3, 0.4) is 0 Å². The van der Waals surface area contributed by atoms with Gasteiger partial charge in [0.25, 0.3) is 11.4 Å². The van der Waals surface area contributed by atoms with Gasteiger partial charge in [-0.2, -0.15) is 0 Å². The molecule has 0 bridgehead atoms. The zero-order chi connectivity index (χ0) is 39.9. The highest BCUT2D eigenvalue weighted by Crippen LogP contribution is 2.28. The molecule has 0 saturated carbocycles. The maximum atomic E-state index is 11.2. The van der Waals surface area contributed by atoms with Gasteiger partial charge < -0.3 is 66.9 Å². The molecule has 318 valence electrons. The number of esters is 1. The van der Waals surface area contributed by atoms with Crippen molar-refractivity contribution in [1.82, 2.24) is 0 Å². The van der Waals surface area contributed by atoms with Gasteiger partial charge in [-0.15, -0.1) is 0 Å². The van der Waals surface area contributed by atoms with E-state index >= 15 is 0 Å². The number of anilines is 1. The van der Waals surface area contributed by atoms with Crippen molar-refractivity contribution in [2.75, 3.05) is 178 Å². The summed E-state index contributed by atoms with van der Waals surface area (Å²) in [5.74, 6) is -0.297. The Balaban J connectivity index is 1.69. The first-order valence-corrected chi connectivity index (χ1v) is 18.1. The van der Waals surface area contributed by atoms with Gasteiger partial charge >= 0.3 is 5.97 Å². The van der Waals surface area contributed by atoms with Gasteiger partial charge in [-0.25, -0.2) is 0 Å². The van der Waals surface area contributed by atoms with E-state index in [9.17, 15) is 25.0 Å². The number of ether oxygens (including phenoxy) is 13. The van der Waals surface area contributed by atoms with E-state index in [0.29, 0.717) is 152 Å². The van der Waals surface area contributed by atoms with Crippen LogP contribution in [0, 0.1) is 20.2 Å². The molecule has 1 aromatic carbocycles. The number of nitro groups is 2. The quantitative estimate of drug-likeness (QED) is 0.0429. The maximum absolute atomic E-state index is 11.2. The molecule has 0 aromatic heterocycles. The van der Waals surface area contributed by atoms with Crippen LogP contribution >= 0.6 is 0 Å². The molecule has 1 N–H and O–H groups in total. The Labute approximate surface area is 321 Å². The Morgan fingerprint density at radius 3 is 1.09 bits per heavy atom. The molecule has 0 unspecified atom stereocenters. The number of carbonyl (C=O) groups excluding carboxylic acids is 1. The third kappa shape index (κ3) is 31.7. The Kier molecular flexibility index (Phi) is 34.2. The summed E-state index contributed by atoms with van der Waals surface area (Å²) in [6.45, 7) is 10.5. The smallest absolute Gasteiger partial charge is 0.307 e. The minimum Gasteiger partial charge on any atom is -0.469 e. The lowest BCUT2D eigenvalue weighted by molar-refractivity contribution is -0.393. The van der Waals surface area contributed by atoms with E-state index < -0.39 is 9.85 Å². The van der Waals surface area contributed by atoms with Crippen LogP contribution in [0.1, 0.15) is 6.42 Å². The molecule has 0 radical (unpaired) electrons. The van der Waals surface area contributed by atoms with Crippen molar-refractivity contribution in [1.29, 1.82) is 0 Å². The molecule has 0 spiro atoms. The third-order valence-electron chi connectivity index (χ3n) is 6.72. The molecule has 0 heterocycles. The van der Waals surface area contributed by atoms with Crippen molar-refractivity contribution in [3.8, 4) is 0 Å². The van der Waals surface area contributed by atoms with Gasteiger partial charge in [0.15, 0.2) is 0 Å². The van der Waals surface area contributed by atoms with E-state index in [2.05, 4.69) is 10.1 Å². The van der Waals surface area contributed by atoms with Crippen LogP contribution in [0.4, 0.5) is 17.1 Å². The van der Waals surface area contributed by atoms with Gasteiger partial charge in [0.1, 0.15) is 5.69 Å². The number of benzene rings is 1. The highest BCUT2D eigenvalue weighted by molar-refractivity contribution is 5.69. The van der Waals surface area contributed by atoms with Crippen molar-refractivity contribution in [2.24, 2.45) is 0 Å².